The number of rotatable bonds is 5. The van der Waals surface area contributed by atoms with Crippen LogP contribution in [-0.2, 0) is 6.42 Å². The van der Waals surface area contributed by atoms with Gasteiger partial charge in [-0.1, -0.05) is 48.0 Å². The van der Waals surface area contributed by atoms with Crippen molar-refractivity contribution >= 4 is 34.7 Å². The van der Waals surface area contributed by atoms with E-state index in [4.69, 9.17) is 11.6 Å². The molecule has 1 aromatic carbocycles. The molecule has 2 atom stereocenters. The summed E-state index contributed by atoms with van der Waals surface area (Å²) in [4.78, 5) is 13.3. The maximum Gasteiger partial charge on any atom is 0.410 e. The Bertz CT molecular complexity index is 1020. The first-order chi connectivity index (χ1) is 14.3. The zero-order chi connectivity index (χ0) is 21.3. The van der Waals surface area contributed by atoms with Gasteiger partial charge < -0.3 is 10.6 Å². The maximum absolute atomic E-state index is 13.7. The fourth-order valence-corrected chi connectivity index (χ4v) is 4.52. The second kappa shape index (κ2) is 8.31. The first-order valence-electron chi connectivity index (χ1n) is 9.31. The number of alkyl halides is 3. The average Bonchev–Trinajstić information content (AvgIpc) is 3.36. The van der Waals surface area contributed by atoms with Crippen LogP contribution < -0.4 is 10.6 Å². The molecule has 30 heavy (non-hydrogen) atoms. The van der Waals surface area contributed by atoms with Crippen LogP contribution in [0.4, 0.5) is 19.0 Å². The highest BCUT2D eigenvalue weighted by molar-refractivity contribution is 7.10. The lowest BCUT2D eigenvalue weighted by Gasteiger charge is -2.32. The molecule has 10 heteroatoms. The van der Waals surface area contributed by atoms with Crippen molar-refractivity contribution in [2.45, 2.75) is 31.1 Å². The molecular weight excluding hydrogens is 437 g/mol. The standard InChI is InChI=1S/C20H18ClF3N4OS/c21-16-17(19(29)25-9-8-12-5-2-1-3-6-12)27-28-15(20(22,23)24)11-13(26-18(16)28)14-7-4-10-30-14/h1-7,10,13,15,26H,8-9,11H2,(H,25,29)/t13-,15-/m1/s1. The van der Waals surface area contributed by atoms with Crippen LogP contribution in [0.15, 0.2) is 47.8 Å². The Kier molecular flexibility index (Phi) is 5.75. The van der Waals surface area contributed by atoms with E-state index in [9.17, 15) is 18.0 Å². The lowest BCUT2D eigenvalue weighted by molar-refractivity contribution is -0.173. The Morgan fingerprint density at radius 1 is 1.27 bits per heavy atom. The number of carbonyl (C=O) groups excluding carboxylic acids is 1. The van der Waals surface area contributed by atoms with Gasteiger partial charge in [-0.2, -0.15) is 18.3 Å². The monoisotopic (exact) mass is 454 g/mol. The number of aromatic nitrogens is 2. The molecule has 2 aromatic heterocycles. The van der Waals surface area contributed by atoms with Crippen molar-refractivity contribution in [1.82, 2.24) is 15.1 Å². The van der Waals surface area contributed by atoms with Crippen LogP contribution in [-0.4, -0.2) is 28.4 Å². The van der Waals surface area contributed by atoms with Crippen LogP contribution in [0.1, 0.15) is 39.4 Å². The molecule has 2 N–H and O–H groups in total. The van der Waals surface area contributed by atoms with Gasteiger partial charge in [-0.3, -0.25) is 4.79 Å². The second-order valence-corrected chi connectivity index (χ2v) is 8.31. The van der Waals surface area contributed by atoms with Gasteiger partial charge in [-0.25, -0.2) is 4.68 Å². The maximum atomic E-state index is 13.7. The first kappa shape index (κ1) is 20.7. The molecule has 5 nitrogen and oxygen atoms in total. The number of hydrogen-bond acceptors (Lipinski definition) is 4. The SMILES string of the molecule is O=C(NCCc1ccccc1)c1nn2c(c1Cl)N[C@@H](c1cccs1)C[C@@H]2C(F)(F)F. The number of nitrogens with one attached hydrogen (secondary N) is 2. The normalized spacial score (nSPS) is 18.5. The summed E-state index contributed by atoms with van der Waals surface area (Å²) >= 11 is 7.67. The van der Waals surface area contributed by atoms with Crippen LogP contribution in [0.2, 0.25) is 5.02 Å². The summed E-state index contributed by atoms with van der Waals surface area (Å²) < 4.78 is 42.0. The number of hydrogen-bond donors (Lipinski definition) is 2. The minimum absolute atomic E-state index is 0.0110. The second-order valence-electron chi connectivity index (χ2n) is 6.95. The van der Waals surface area contributed by atoms with Gasteiger partial charge in [0.1, 0.15) is 10.8 Å². The van der Waals surface area contributed by atoms with Crippen LogP contribution in [0, 0.1) is 0 Å². The van der Waals surface area contributed by atoms with E-state index in [-0.39, 0.29) is 23.0 Å². The predicted molar refractivity (Wildman–Crippen MR) is 110 cm³/mol. The lowest BCUT2D eigenvalue weighted by atomic mass is 10.0. The summed E-state index contributed by atoms with van der Waals surface area (Å²) in [5.74, 6) is -0.593. The van der Waals surface area contributed by atoms with Crippen molar-refractivity contribution in [1.29, 1.82) is 0 Å². The zero-order valence-electron chi connectivity index (χ0n) is 15.6. The summed E-state index contributed by atoms with van der Waals surface area (Å²) in [7, 11) is 0. The number of fused-ring (bicyclic) bond motifs is 1. The number of nitrogens with zero attached hydrogens (tertiary/aromatic N) is 2. The van der Waals surface area contributed by atoms with E-state index in [0.29, 0.717) is 13.0 Å². The summed E-state index contributed by atoms with van der Waals surface area (Å²) in [5.41, 5.74) is 0.818. The van der Waals surface area contributed by atoms with Gasteiger partial charge in [0.05, 0.1) is 6.04 Å². The fraction of sp³-hybridized carbons (Fsp3) is 0.300. The van der Waals surface area contributed by atoms with Gasteiger partial charge in [0.15, 0.2) is 11.7 Å². The Morgan fingerprint density at radius 3 is 2.70 bits per heavy atom. The number of halogens is 4. The molecule has 1 amide bonds. The Labute approximate surface area is 179 Å². The molecule has 0 saturated carbocycles. The Balaban J connectivity index is 1.56. The highest BCUT2D eigenvalue weighted by Crippen LogP contribution is 2.46. The van der Waals surface area contributed by atoms with E-state index >= 15 is 0 Å². The van der Waals surface area contributed by atoms with E-state index in [1.165, 1.54) is 11.3 Å². The number of thiophene rings is 1. The summed E-state index contributed by atoms with van der Waals surface area (Å²) in [6.07, 6.45) is -4.17. The Morgan fingerprint density at radius 2 is 2.03 bits per heavy atom. The predicted octanol–water partition coefficient (Wildman–Crippen LogP) is 5.23. The molecule has 4 rings (SSSR count). The molecule has 0 radical (unpaired) electrons. The van der Waals surface area contributed by atoms with Crippen LogP contribution in [0.3, 0.4) is 0 Å². The number of carbonyl (C=O) groups is 1. The van der Waals surface area contributed by atoms with Crippen molar-refractivity contribution < 1.29 is 18.0 Å². The van der Waals surface area contributed by atoms with Gasteiger partial charge in [-0.05, 0) is 23.4 Å². The largest absolute Gasteiger partial charge is 0.410 e. The molecule has 3 heterocycles. The highest BCUT2D eigenvalue weighted by atomic mass is 35.5. The molecule has 1 aliphatic heterocycles. The van der Waals surface area contributed by atoms with Crippen molar-refractivity contribution in [3.8, 4) is 0 Å². The van der Waals surface area contributed by atoms with Gasteiger partial charge in [0.2, 0.25) is 0 Å². The molecule has 158 valence electrons. The third kappa shape index (κ3) is 4.17. The van der Waals surface area contributed by atoms with Crippen LogP contribution >= 0.6 is 22.9 Å². The molecule has 0 spiro atoms. The van der Waals surface area contributed by atoms with Gasteiger partial charge in [-0.15, -0.1) is 11.3 Å². The minimum Gasteiger partial charge on any atom is -0.361 e. The quantitative estimate of drug-likeness (QED) is 0.555. The summed E-state index contributed by atoms with van der Waals surface area (Å²) in [6.45, 7) is 0.315. The molecule has 1 aliphatic rings. The minimum atomic E-state index is -4.53. The summed E-state index contributed by atoms with van der Waals surface area (Å²) in [6, 6.07) is 10.7. The number of amides is 1. The highest BCUT2D eigenvalue weighted by Gasteiger charge is 2.48. The molecular formula is C20H18ClF3N4OS. The molecule has 3 aromatic rings. The van der Waals surface area contributed by atoms with Gasteiger partial charge >= 0.3 is 6.18 Å². The van der Waals surface area contributed by atoms with Crippen molar-refractivity contribution in [2.75, 3.05) is 11.9 Å². The van der Waals surface area contributed by atoms with Crippen molar-refractivity contribution in [2.24, 2.45) is 0 Å². The van der Waals surface area contributed by atoms with Gasteiger partial charge in [0, 0.05) is 17.8 Å². The third-order valence-corrected chi connectivity index (χ3v) is 6.28. The van der Waals surface area contributed by atoms with Crippen molar-refractivity contribution in [3.05, 3.63) is 69.0 Å². The van der Waals surface area contributed by atoms with E-state index in [0.717, 1.165) is 15.1 Å². The molecule has 0 bridgehead atoms. The number of anilines is 1. The van der Waals surface area contributed by atoms with Crippen molar-refractivity contribution in [3.63, 3.8) is 0 Å². The van der Waals surface area contributed by atoms with E-state index in [1.54, 1.807) is 17.5 Å². The number of benzene rings is 1. The van der Waals surface area contributed by atoms with E-state index in [2.05, 4.69) is 15.7 Å². The van der Waals surface area contributed by atoms with Crippen LogP contribution in [0.25, 0.3) is 0 Å². The third-order valence-electron chi connectivity index (χ3n) is 4.94. The fourth-order valence-electron chi connectivity index (χ4n) is 3.46. The molecule has 0 fully saturated rings. The Hall–Kier alpha value is -2.52. The first-order valence-corrected chi connectivity index (χ1v) is 10.6. The molecule has 0 saturated heterocycles. The van der Waals surface area contributed by atoms with E-state index < -0.39 is 24.2 Å². The van der Waals surface area contributed by atoms with Gasteiger partial charge in [0.25, 0.3) is 5.91 Å². The lowest BCUT2D eigenvalue weighted by Crippen LogP contribution is -2.35. The zero-order valence-corrected chi connectivity index (χ0v) is 17.2. The average molecular weight is 455 g/mol. The topological polar surface area (TPSA) is 59.0 Å². The summed E-state index contributed by atoms with van der Waals surface area (Å²) in [5, 5.41) is 11.3. The van der Waals surface area contributed by atoms with Crippen LogP contribution in [0.5, 0.6) is 0 Å². The smallest absolute Gasteiger partial charge is 0.361 e. The molecule has 0 aliphatic carbocycles. The van der Waals surface area contributed by atoms with E-state index in [1.807, 2.05) is 30.3 Å². The molecule has 0 unspecified atom stereocenters.